The molecule has 0 radical (unpaired) electrons. The number of hydrogen-bond acceptors (Lipinski definition) is 10. The van der Waals surface area contributed by atoms with Gasteiger partial charge in [0.15, 0.2) is 0 Å². The highest BCUT2D eigenvalue weighted by atomic mass is 16.7. The molecule has 2 aromatic rings. The summed E-state index contributed by atoms with van der Waals surface area (Å²) in [6.45, 7) is 13.1. The van der Waals surface area contributed by atoms with Crippen molar-refractivity contribution < 1.29 is 43.6 Å². The van der Waals surface area contributed by atoms with Crippen LogP contribution in [0.1, 0.15) is 154 Å². The number of nitrogens with zero attached hydrogens (tertiary/aromatic N) is 2. The molecule has 6 atom stereocenters. The molecule has 1 aliphatic heterocycles. The Kier molecular flexibility index (Phi) is 20.7. The Balaban J connectivity index is 1.53. The van der Waals surface area contributed by atoms with Gasteiger partial charge in [0.1, 0.15) is 23.1 Å². The molecule has 6 unspecified atom stereocenters. The number of hydrogen-bond donors (Lipinski definition) is 3. The molecule has 0 saturated heterocycles. The predicted octanol–water partition coefficient (Wildman–Crippen LogP) is 11.4. The normalized spacial score (nSPS) is 22.8. The highest BCUT2D eigenvalue weighted by molar-refractivity contribution is 6.03. The number of oxime groups is 1. The summed E-state index contributed by atoms with van der Waals surface area (Å²) in [5, 5.41) is 27.6. The highest BCUT2D eigenvalue weighted by Crippen LogP contribution is 2.62. The summed E-state index contributed by atoms with van der Waals surface area (Å²) in [4.78, 5) is 35.3. The summed E-state index contributed by atoms with van der Waals surface area (Å²) in [7, 11) is 1.75. The molecule has 1 saturated carbocycles. The van der Waals surface area contributed by atoms with Crippen molar-refractivity contribution in [1.29, 1.82) is 0 Å². The molecule has 3 N–H and O–H groups in total. The third-order valence-electron chi connectivity index (χ3n) is 13.0. The molecule has 12 nitrogen and oxygen atoms in total. The molecule has 12 heteroatoms. The van der Waals surface area contributed by atoms with Crippen LogP contribution in [0.25, 0.3) is 0 Å². The number of fused-ring (bicyclic) bond motifs is 2. The topological polar surface area (TPSA) is 148 Å². The lowest BCUT2D eigenvalue weighted by molar-refractivity contribution is -0.253. The Morgan fingerprint density at radius 1 is 0.923 bits per heavy atom. The maximum atomic E-state index is 14.2. The molecule has 360 valence electrons. The zero-order valence-electron chi connectivity index (χ0n) is 40.1. The van der Waals surface area contributed by atoms with E-state index in [0.29, 0.717) is 43.2 Å². The van der Waals surface area contributed by atoms with Gasteiger partial charge in [-0.15, -0.1) is 6.58 Å². The van der Waals surface area contributed by atoms with Crippen LogP contribution in [-0.4, -0.2) is 83.9 Å². The molecule has 0 bridgehead atoms. The van der Waals surface area contributed by atoms with Crippen LogP contribution >= 0.6 is 0 Å². The minimum atomic E-state index is -1.41. The van der Waals surface area contributed by atoms with Crippen molar-refractivity contribution >= 4 is 17.9 Å². The molecule has 2 aromatic carbocycles. The second-order valence-electron chi connectivity index (χ2n) is 19.1. The Bertz CT molecular complexity index is 1840. The Hall–Kier alpha value is -4.39. The monoisotopic (exact) mass is 902 g/mol. The molecule has 2 amide bonds. The van der Waals surface area contributed by atoms with Gasteiger partial charge in [-0.3, -0.25) is 0 Å². The Morgan fingerprint density at radius 2 is 1.60 bits per heavy atom. The lowest BCUT2D eigenvalue weighted by Crippen LogP contribution is -2.69. The maximum absolute atomic E-state index is 14.2. The van der Waals surface area contributed by atoms with Gasteiger partial charge in [0, 0.05) is 44.7 Å². The van der Waals surface area contributed by atoms with Gasteiger partial charge in [0.25, 0.3) is 0 Å². The number of nitrogens with one attached hydrogen (secondary N) is 1. The molecule has 0 spiro atoms. The van der Waals surface area contributed by atoms with E-state index in [1.54, 1.807) is 24.1 Å². The number of likely N-dealkylation sites (N-methyl/N-ethyl adjacent to an activating group) is 1. The lowest BCUT2D eigenvalue weighted by atomic mass is 9.55. The number of carbonyl (C=O) groups is 2. The van der Waals surface area contributed by atoms with Gasteiger partial charge in [-0.1, -0.05) is 125 Å². The largest absolute Gasteiger partial charge is 0.459 e. The molecule has 0 aromatic heterocycles. The fraction of sp³-hybridized carbons (Fsp3) is 0.642. The first-order valence-corrected chi connectivity index (χ1v) is 24.6. The number of amides is 2. The van der Waals surface area contributed by atoms with Crippen molar-refractivity contribution in [1.82, 2.24) is 10.2 Å². The minimum Gasteiger partial charge on any atom is -0.459 e. The fourth-order valence-electron chi connectivity index (χ4n) is 9.87. The van der Waals surface area contributed by atoms with Crippen LogP contribution in [-0.2, 0) is 20.9 Å². The number of aliphatic hydroxyl groups excluding tert-OH is 2. The average Bonchev–Trinajstić information content (AvgIpc) is 3.29. The number of ether oxygens (including phenoxy) is 4. The molecule has 65 heavy (non-hydrogen) atoms. The van der Waals surface area contributed by atoms with E-state index in [1.165, 1.54) is 44.9 Å². The SMILES string of the molecule is C=CCOC12Oc3ccc(OC(=O)NCc4ccccc4)cc3C3C(CCCCO)C(CCCCO)C=C(C(=NOC(C)(C)C)CC1N(C)C(=O)OCCCCCCCCCCCC)C32. The Labute approximate surface area is 389 Å². The van der Waals surface area contributed by atoms with Crippen molar-refractivity contribution in [2.45, 2.75) is 167 Å². The summed E-state index contributed by atoms with van der Waals surface area (Å²) in [5.41, 5.74) is 2.84. The maximum Gasteiger partial charge on any atom is 0.412 e. The first kappa shape index (κ1) is 51.6. The van der Waals surface area contributed by atoms with Crippen LogP contribution in [0.4, 0.5) is 9.59 Å². The Morgan fingerprint density at radius 3 is 2.26 bits per heavy atom. The number of aliphatic hydroxyl groups is 2. The zero-order valence-corrected chi connectivity index (χ0v) is 40.1. The minimum absolute atomic E-state index is 0.0163. The van der Waals surface area contributed by atoms with E-state index in [-0.39, 0.29) is 44.0 Å². The first-order chi connectivity index (χ1) is 31.5. The van der Waals surface area contributed by atoms with Gasteiger partial charge >= 0.3 is 12.2 Å². The van der Waals surface area contributed by atoms with Crippen molar-refractivity contribution in [3.05, 3.63) is 84.0 Å². The van der Waals surface area contributed by atoms with Gasteiger partial charge in [0.2, 0.25) is 5.79 Å². The predicted molar refractivity (Wildman–Crippen MR) is 256 cm³/mol. The van der Waals surface area contributed by atoms with Crippen LogP contribution in [0.3, 0.4) is 0 Å². The van der Waals surface area contributed by atoms with E-state index in [0.717, 1.165) is 61.6 Å². The number of unbranched alkanes of at least 4 members (excludes halogenated alkanes) is 11. The second kappa shape index (κ2) is 26.1. The van der Waals surface area contributed by atoms with Crippen LogP contribution in [0.2, 0.25) is 0 Å². The third-order valence-corrected chi connectivity index (χ3v) is 13.0. The number of carbonyl (C=O) groups excluding carboxylic acids is 2. The molecule has 1 heterocycles. The van der Waals surface area contributed by atoms with E-state index in [4.69, 9.17) is 28.9 Å². The second-order valence-corrected chi connectivity index (χ2v) is 19.1. The standard InChI is InChI=1S/C53H79N3O9/c1-7-9-10-11-12-13-14-15-16-24-34-61-51(60)56(6)47-37-45(55-65-52(3,4)5)43-35-40(27-20-22-31-57)42(28-21-23-32-58)48-44-36-41(63-50(59)54-38-39-25-18-17-19-26-39)29-30-46(44)64-53(47,49(43)48)62-33-8-2/h8,17-19,25-26,29-30,35-36,40,42,47-49,57-58H,2,7,9-16,20-24,27-28,31-34,37-38H2,1,3-6H3,(H,54,59). The summed E-state index contributed by atoms with van der Waals surface area (Å²) in [5.74, 6) is -1.17. The van der Waals surface area contributed by atoms with Gasteiger partial charge in [-0.05, 0) is 94.0 Å². The molecular formula is C53H79N3O9. The smallest absolute Gasteiger partial charge is 0.412 e. The zero-order chi connectivity index (χ0) is 46.7. The van der Waals surface area contributed by atoms with Crippen LogP contribution in [0.15, 0.2) is 78.0 Å². The van der Waals surface area contributed by atoms with Crippen LogP contribution in [0, 0.1) is 17.8 Å². The van der Waals surface area contributed by atoms with Crippen molar-refractivity contribution in [2.24, 2.45) is 22.9 Å². The molecule has 1 fully saturated rings. The molecule has 2 aliphatic carbocycles. The van der Waals surface area contributed by atoms with Gasteiger partial charge in [-0.25, -0.2) is 9.59 Å². The summed E-state index contributed by atoms with van der Waals surface area (Å²) in [6.07, 6.45) is 19.5. The van der Waals surface area contributed by atoms with Crippen LogP contribution < -0.4 is 14.8 Å². The van der Waals surface area contributed by atoms with E-state index >= 15 is 0 Å². The molecule has 5 rings (SSSR count). The van der Waals surface area contributed by atoms with Crippen LogP contribution in [0.5, 0.6) is 11.5 Å². The quantitative estimate of drug-likeness (QED) is 0.0453. The van der Waals surface area contributed by atoms with Crippen molar-refractivity contribution in [3.63, 3.8) is 0 Å². The molecular weight excluding hydrogens is 823 g/mol. The van der Waals surface area contributed by atoms with Gasteiger partial charge < -0.3 is 44.2 Å². The lowest BCUT2D eigenvalue weighted by Gasteiger charge is -2.59. The van der Waals surface area contributed by atoms with E-state index in [1.807, 2.05) is 63.2 Å². The molecule has 3 aliphatic rings. The van der Waals surface area contributed by atoms with E-state index < -0.39 is 35.5 Å². The van der Waals surface area contributed by atoms with Gasteiger partial charge in [-0.2, -0.15) is 0 Å². The third kappa shape index (κ3) is 14.5. The first-order valence-electron chi connectivity index (χ1n) is 24.6. The average molecular weight is 902 g/mol. The fourth-order valence-corrected chi connectivity index (χ4v) is 9.87. The highest BCUT2D eigenvalue weighted by Gasteiger charge is 2.65. The summed E-state index contributed by atoms with van der Waals surface area (Å²) >= 11 is 0. The van der Waals surface area contributed by atoms with Gasteiger partial charge in [0.05, 0.1) is 24.8 Å². The van der Waals surface area contributed by atoms with E-state index in [2.05, 4.69) is 24.9 Å². The summed E-state index contributed by atoms with van der Waals surface area (Å²) in [6, 6.07) is 14.4. The van der Waals surface area contributed by atoms with Crippen molar-refractivity contribution in [3.8, 4) is 11.5 Å². The summed E-state index contributed by atoms with van der Waals surface area (Å²) < 4.78 is 26.2. The van der Waals surface area contributed by atoms with Crippen molar-refractivity contribution in [2.75, 3.05) is 33.5 Å². The number of benzene rings is 2. The number of allylic oxidation sites excluding steroid dienone is 1. The number of rotatable bonds is 27. The van der Waals surface area contributed by atoms with E-state index in [9.17, 15) is 19.8 Å².